The monoisotopic (exact) mass is 264 g/mol. The average Bonchev–Trinajstić information content (AvgIpc) is 2.73. The molecule has 0 amide bonds. The molecule has 0 fully saturated rings. The van der Waals surface area contributed by atoms with Gasteiger partial charge in [-0.25, -0.2) is 9.59 Å². The first-order chi connectivity index (χ1) is 9.10. The molecule has 0 spiro atoms. The second-order valence-corrected chi connectivity index (χ2v) is 3.67. The van der Waals surface area contributed by atoms with Gasteiger partial charge < -0.3 is 18.9 Å². The summed E-state index contributed by atoms with van der Waals surface area (Å²) in [5.41, 5.74) is 0.779. The van der Waals surface area contributed by atoms with E-state index in [2.05, 4.69) is 4.74 Å². The van der Waals surface area contributed by atoms with Crippen LogP contribution in [-0.2, 0) is 14.3 Å². The number of hydrogen-bond donors (Lipinski definition) is 0. The minimum absolute atomic E-state index is 0.132. The highest BCUT2D eigenvalue weighted by atomic mass is 16.5. The van der Waals surface area contributed by atoms with Crippen molar-refractivity contribution in [2.24, 2.45) is 0 Å². The van der Waals surface area contributed by atoms with Gasteiger partial charge in [0.05, 0.1) is 33.0 Å². The van der Waals surface area contributed by atoms with Crippen molar-refractivity contribution in [1.82, 2.24) is 0 Å². The average molecular weight is 264 g/mol. The number of rotatable bonds is 3. The number of hydrogen-bond acceptors (Lipinski definition) is 6. The number of carbonyl (C=O) groups excluding carboxylic acids is 2. The Labute approximate surface area is 109 Å². The van der Waals surface area contributed by atoms with E-state index in [1.807, 2.05) is 0 Å². The van der Waals surface area contributed by atoms with Crippen LogP contribution < -0.4 is 9.47 Å². The lowest BCUT2D eigenvalue weighted by atomic mass is 10.1. The van der Waals surface area contributed by atoms with Crippen LogP contribution in [-0.4, -0.2) is 33.3 Å². The summed E-state index contributed by atoms with van der Waals surface area (Å²) < 4.78 is 19.8. The van der Waals surface area contributed by atoms with Crippen molar-refractivity contribution in [3.63, 3.8) is 0 Å². The molecule has 1 aromatic carbocycles. The first kappa shape index (κ1) is 12.9. The van der Waals surface area contributed by atoms with Crippen LogP contribution in [0.25, 0.3) is 5.76 Å². The lowest BCUT2D eigenvalue weighted by Crippen LogP contribution is -1.97. The Balaban J connectivity index is 2.55. The highest BCUT2D eigenvalue weighted by Crippen LogP contribution is 2.38. The molecule has 6 nitrogen and oxygen atoms in total. The maximum atomic E-state index is 11.7. The Hall–Kier alpha value is -2.50. The van der Waals surface area contributed by atoms with Crippen LogP contribution in [0.2, 0.25) is 0 Å². The van der Waals surface area contributed by atoms with Crippen molar-refractivity contribution < 1.29 is 28.5 Å². The van der Waals surface area contributed by atoms with Crippen LogP contribution in [0, 0.1) is 0 Å². The van der Waals surface area contributed by atoms with Gasteiger partial charge >= 0.3 is 11.9 Å². The van der Waals surface area contributed by atoms with E-state index in [0.717, 1.165) is 6.08 Å². The first-order valence-corrected chi connectivity index (χ1v) is 5.39. The van der Waals surface area contributed by atoms with Crippen LogP contribution in [0.4, 0.5) is 0 Å². The summed E-state index contributed by atoms with van der Waals surface area (Å²) in [4.78, 5) is 22.9. The quantitative estimate of drug-likeness (QED) is 0.607. The highest BCUT2D eigenvalue weighted by molar-refractivity contribution is 6.06. The van der Waals surface area contributed by atoms with Gasteiger partial charge in [0.25, 0.3) is 0 Å². The number of fused-ring (bicyclic) bond motifs is 1. The molecule has 0 aromatic heterocycles. The molecule has 6 heteroatoms. The largest absolute Gasteiger partial charge is 0.493 e. The first-order valence-electron chi connectivity index (χ1n) is 5.39. The van der Waals surface area contributed by atoms with Gasteiger partial charge in [-0.1, -0.05) is 0 Å². The molecule has 0 atom stereocenters. The number of cyclic esters (lactones) is 1. The van der Waals surface area contributed by atoms with E-state index in [9.17, 15) is 9.59 Å². The Morgan fingerprint density at radius 2 is 1.68 bits per heavy atom. The predicted octanol–water partition coefficient (Wildman–Crippen LogP) is 1.39. The van der Waals surface area contributed by atoms with Crippen molar-refractivity contribution in [3.05, 3.63) is 29.3 Å². The van der Waals surface area contributed by atoms with E-state index in [1.165, 1.54) is 27.4 Å². The van der Waals surface area contributed by atoms with Crippen LogP contribution in [0.1, 0.15) is 15.9 Å². The zero-order chi connectivity index (χ0) is 14.0. The molecule has 1 aliphatic rings. The maximum absolute atomic E-state index is 11.7. The fourth-order valence-electron chi connectivity index (χ4n) is 1.73. The topological polar surface area (TPSA) is 71.1 Å². The standard InChI is InChI=1S/C13H12O6/c1-16-10-4-7-8(5-11(10)17-2)13(15)19-9(7)6-12(14)18-3/h4-6H,1-3H3/b9-6+. The van der Waals surface area contributed by atoms with Gasteiger partial charge in [-0.05, 0) is 12.1 Å². The molecule has 0 saturated carbocycles. The van der Waals surface area contributed by atoms with Crippen molar-refractivity contribution in [1.29, 1.82) is 0 Å². The summed E-state index contributed by atoms with van der Waals surface area (Å²) in [6.07, 6.45) is 1.11. The predicted molar refractivity (Wildman–Crippen MR) is 65.0 cm³/mol. The zero-order valence-electron chi connectivity index (χ0n) is 10.7. The molecule has 100 valence electrons. The molecule has 0 N–H and O–H groups in total. The fourth-order valence-corrected chi connectivity index (χ4v) is 1.73. The molecule has 0 bridgehead atoms. The molecule has 1 heterocycles. The molecule has 1 aliphatic heterocycles. The van der Waals surface area contributed by atoms with Crippen molar-refractivity contribution in [2.75, 3.05) is 21.3 Å². The molecule has 1 aromatic rings. The van der Waals surface area contributed by atoms with Crippen LogP contribution in [0.15, 0.2) is 18.2 Å². The number of esters is 2. The van der Waals surface area contributed by atoms with Crippen LogP contribution >= 0.6 is 0 Å². The van der Waals surface area contributed by atoms with E-state index < -0.39 is 11.9 Å². The fraction of sp³-hybridized carbons (Fsp3) is 0.231. The van der Waals surface area contributed by atoms with Crippen molar-refractivity contribution in [3.8, 4) is 11.5 Å². The number of methoxy groups -OCH3 is 3. The zero-order valence-corrected chi connectivity index (χ0v) is 10.7. The Kier molecular flexibility index (Phi) is 3.41. The second kappa shape index (κ2) is 5.01. The van der Waals surface area contributed by atoms with Gasteiger partial charge in [-0.3, -0.25) is 0 Å². The molecular formula is C13H12O6. The Morgan fingerprint density at radius 1 is 1.11 bits per heavy atom. The smallest absolute Gasteiger partial charge is 0.344 e. The van der Waals surface area contributed by atoms with Gasteiger partial charge in [0, 0.05) is 5.56 Å². The summed E-state index contributed by atoms with van der Waals surface area (Å²) in [7, 11) is 4.19. The van der Waals surface area contributed by atoms with Gasteiger partial charge in [-0.15, -0.1) is 0 Å². The van der Waals surface area contributed by atoms with E-state index in [0.29, 0.717) is 22.6 Å². The van der Waals surface area contributed by atoms with Gasteiger partial charge in [0.2, 0.25) is 0 Å². The summed E-state index contributed by atoms with van der Waals surface area (Å²) in [6, 6.07) is 3.09. The molecule has 0 radical (unpaired) electrons. The minimum Gasteiger partial charge on any atom is -0.493 e. The maximum Gasteiger partial charge on any atom is 0.344 e. The third kappa shape index (κ3) is 2.24. The molecule has 0 unspecified atom stereocenters. The number of ether oxygens (including phenoxy) is 4. The summed E-state index contributed by atoms with van der Waals surface area (Å²) in [6.45, 7) is 0. The van der Waals surface area contributed by atoms with E-state index in [1.54, 1.807) is 6.07 Å². The van der Waals surface area contributed by atoms with Crippen molar-refractivity contribution >= 4 is 17.7 Å². The molecule has 2 rings (SSSR count). The molecule has 0 aliphatic carbocycles. The van der Waals surface area contributed by atoms with Crippen molar-refractivity contribution in [2.45, 2.75) is 0 Å². The molecule has 19 heavy (non-hydrogen) atoms. The number of benzene rings is 1. The highest BCUT2D eigenvalue weighted by Gasteiger charge is 2.29. The van der Waals surface area contributed by atoms with Gasteiger partial charge in [0.15, 0.2) is 11.5 Å². The van der Waals surface area contributed by atoms with E-state index in [-0.39, 0.29) is 5.76 Å². The minimum atomic E-state index is -0.606. The SMILES string of the molecule is COC(=O)/C=C1/OC(=O)c2cc(OC)c(OC)cc21. The third-order valence-electron chi connectivity index (χ3n) is 2.66. The third-order valence-corrected chi connectivity index (χ3v) is 2.66. The van der Waals surface area contributed by atoms with E-state index in [4.69, 9.17) is 14.2 Å². The van der Waals surface area contributed by atoms with E-state index >= 15 is 0 Å². The Morgan fingerprint density at radius 3 is 2.21 bits per heavy atom. The van der Waals surface area contributed by atoms with Gasteiger partial charge in [0.1, 0.15) is 5.76 Å². The lowest BCUT2D eigenvalue weighted by molar-refractivity contribution is -0.134. The molecular weight excluding hydrogens is 252 g/mol. The second-order valence-electron chi connectivity index (χ2n) is 3.67. The lowest BCUT2D eigenvalue weighted by Gasteiger charge is -2.08. The summed E-state index contributed by atoms with van der Waals surface area (Å²) in [5.74, 6) is -0.169. The van der Waals surface area contributed by atoms with Crippen LogP contribution in [0.3, 0.4) is 0 Å². The summed E-state index contributed by atoms with van der Waals surface area (Å²) in [5, 5.41) is 0. The van der Waals surface area contributed by atoms with Gasteiger partial charge in [-0.2, -0.15) is 0 Å². The normalized spacial score (nSPS) is 14.9. The molecule has 0 saturated heterocycles. The number of carbonyl (C=O) groups is 2. The summed E-state index contributed by atoms with van der Waals surface area (Å²) >= 11 is 0. The Bertz CT molecular complexity index is 573. The van der Waals surface area contributed by atoms with Crippen LogP contribution in [0.5, 0.6) is 11.5 Å².